The van der Waals surface area contributed by atoms with E-state index in [0.717, 1.165) is 0 Å². The van der Waals surface area contributed by atoms with Gasteiger partial charge in [0, 0.05) is 12.7 Å². The molecule has 0 aromatic carbocycles. The van der Waals surface area contributed by atoms with Crippen LogP contribution in [-0.4, -0.2) is 11.5 Å². The van der Waals surface area contributed by atoms with E-state index in [0.29, 0.717) is 17.9 Å². The number of nitrogens with zero attached hydrogens (tertiary/aromatic N) is 1. The molecule has 0 amide bonds. The quantitative estimate of drug-likeness (QED) is 0.539. The number of nitrogens with two attached hydrogens (primary N) is 3. The molecule has 4 nitrogen and oxygen atoms in total. The van der Waals surface area contributed by atoms with E-state index in [9.17, 15) is 0 Å². The average molecular weight is 152 g/mol. The monoisotopic (exact) mass is 152 g/mol. The van der Waals surface area contributed by atoms with Crippen LogP contribution in [-0.2, 0) is 0 Å². The molecule has 0 bridgehead atoms. The zero-order valence-corrected chi connectivity index (χ0v) is 6.20. The van der Waals surface area contributed by atoms with E-state index in [1.54, 1.807) is 18.3 Å². The highest BCUT2D eigenvalue weighted by Gasteiger charge is 2.07. The predicted octanol–water partition coefficient (Wildman–Crippen LogP) is -0.378. The van der Waals surface area contributed by atoms with Crippen LogP contribution < -0.4 is 17.2 Å². The summed E-state index contributed by atoms with van der Waals surface area (Å²) in [5, 5.41) is 0. The molecule has 0 saturated heterocycles. The third-order valence-electron chi connectivity index (χ3n) is 1.48. The third kappa shape index (κ3) is 1.66. The van der Waals surface area contributed by atoms with E-state index >= 15 is 0 Å². The maximum absolute atomic E-state index is 5.63. The maximum Gasteiger partial charge on any atom is 0.0812 e. The molecule has 1 heterocycles. The lowest BCUT2D eigenvalue weighted by Gasteiger charge is -2.09. The van der Waals surface area contributed by atoms with Crippen LogP contribution in [0.15, 0.2) is 18.3 Å². The normalized spacial score (nSPS) is 12.9. The van der Waals surface area contributed by atoms with Crippen molar-refractivity contribution in [2.24, 2.45) is 11.5 Å². The van der Waals surface area contributed by atoms with Crippen LogP contribution in [0.4, 0.5) is 5.69 Å². The molecule has 60 valence electrons. The second-order valence-electron chi connectivity index (χ2n) is 2.32. The Bertz CT molecular complexity index is 236. The first-order chi connectivity index (χ1) is 5.25. The van der Waals surface area contributed by atoms with Gasteiger partial charge >= 0.3 is 0 Å². The van der Waals surface area contributed by atoms with Crippen molar-refractivity contribution in [1.82, 2.24) is 4.98 Å². The van der Waals surface area contributed by atoms with Crippen molar-refractivity contribution >= 4 is 5.69 Å². The van der Waals surface area contributed by atoms with Crippen LogP contribution in [0.25, 0.3) is 0 Å². The van der Waals surface area contributed by atoms with Gasteiger partial charge in [-0.3, -0.25) is 4.98 Å². The van der Waals surface area contributed by atoms with Crippen molar-refractivity contribution in [3.8, 4) is 0 Å². The Morgan fingerprint density at radius 3 is 2.82 bits per heavy atom. The minimum atomic E-state index is -0.254. The molecular weight excluding hydrogens is 140 g/mol. The first-order valence-corrected chi connectivity index (χ1v) is 3.41. The van der Waals surface area contributed by atoms with E-state index in [2.05, 4.69) is 4.98 Å². The summed E-state index contributed by atoms with van der Waals surface area (Å²) < 4.78 is 0. The van der Waals surface area contributed by atoms with E-state index in [4.69, 9.17) is 17.2 Å². The van der Waals surface area contributed by atoms with Gasteiger partial charge in [-0.05, 0) is 12.1 Å². The number of pyridine rings is 1. The van der Waals surface area contributed by atoms with Gasteiger partial charge in [0.2, 0.25) is 0 Å². The van der Waals surface area contributed by atoms with Crippen molar-refractivity contribution in [1.29, 1.82) is 0 Å². The minimum Gasteiger partial charge on any atom is -0.397 e. The van der Waals surface area contributed by atoms with Gasteiger partial charge in [-0.2, -0.15) is 0 Å². The molecule has 1 aromatic heterocycles. The van der Waals surface area contributed by atoms with Gasteiger partial charge in [0.05, 0.1) is 17.4 Å². The van der Waals surface area contributed by atoms with Gasteiger partial charge in [0.1, 0.15) is 0 Å². The Balaban J connectivity index is 2.93. The fraction of sp³-hybridized carbons (Fsp3) is 0.286. The number of nitrogen functional groups attached to an aromatic ring is 1. The average Bonchev–Trinajstić information content (AvgIpc) is 2.04. The van der Waals surface area contributed by atoms with E-state index in [1.807, 2.05) is 0 Å². The van der Waals surface area contributed by atoms with E-state index in [1.165, 1.54) is 0 Å². The molecule has 1 rings (SSSR count). The largest absolute Gasteiger partial charge is 0.397 e. The van der Waals surface area contributed by atoms with Crippen LogP contribution in [0.2, 0.25) is 0 Å². The van der Waals surface area contributed by atoms with Gasteiger partial charge in [-0.1, -0.05) is 0 Å². The summed E-state index contributed by atoms with van der Waals surface area (Å²) in [5.74, 6) is 0. The zero-order valence-electron chi connectivity index (χ0n) is 6.20. The maximum atomic E-state index is 5.63. The molecule has 0 unspecified atom stereocenters. The molecule has 0 fully saturated rings. The number of anilines is 1. The predicted molar refractivity (Wildman–Crippen MR) is 44.6 cm³/mol. The van der Waals surface area contributed by atoms with Gasteiger partial charge < -0.3 is 17.2 Å². The van der Waals surface area contributed by atoms with Crippen molar-refractivity contribution in [3.63, 3.8) is 0 Å². The molecule has 1 atom stereocenters. The SMILES string of the molecule is NC[C@@H](N)c1ncccc1N. The molecule has 0 radical (unpaired) electrons. The molecule has 0 aliphatic carbocycles. The standard InChI is InChI=1S/C7H12N4/c8-4-6(10)7-5(9)2-1-3-11-7/h1-3,6H,4,8-10H2/t6-/m1/s1. The zero-order chi connectivity index (χ0) is 8.27. The summed E-state index contributed by atoms with van der Waals surface area (Å²) >= 11 is 0. The minimum absolute atomic E-state index is 0.254. The molecule has 0 saturated carbocycles. The van der Waals surface area contributed by atoms with Gasteiger partial charge in [0.25, 0.3) is 0 Å². The summed E-state index contributed by atoms with van der Waals surface area (Å²) in [6.07, 6.45) is 1.65. The lowest BCUT2D eigenvalue weighted by Crippen LogP contribution is -2.22. The van der Waals surface area contributed by atoms with Gasteiger partial charge in [0.15, 0.2) is 0 Å². The van der Waals surface area contributed by atoms with Crippen LogP contribution in [0.3, 0.4) is 0 Å². The van der Waals surface area contributed by atoms with E-state index < -0.39 is 0 Å². The van der Waals surface area contributed by atoms with E-state index in [-0.39, 0.29) is 6.04 Å². The third-order valence-corrected chi connectivity index (χ3v) is 1.48. The van der Waals surface area contributed by atoms with Crippen LogP contribution in [0.1, 0.15) is 11.7 Å². The number of rotatable bonds is 2. The highest BCUT2D eigenvalue weighted by atomic mass is 14.8. The second kappa shape index (κ2) is 3.32. The van der Waals surface area contributed by atoms with Gasteiger partial charge in [-0.15, -0.1) is 0 Å². The molecular formula is C7H12N4. The Hall–Kier alpha value is -1.13. The fourth-order valence-electron chi connectivity index (χ4n) is 0.851. The topological polar surface area (TPSA) is 91.0 Å². The molecule has 4 heteroatoms. The van der Waals surface area contributed by atoms with Crippen molar-refractivity contribution in [3.05, 3.63) is 24.0 Å². The number of hydrogen-bond donors (Lipinski definition) is 3. The van der Waals surface area contributed by atoms with Crippen LogP contribution in [0.5, 0.6) is 0 Å². The van der Waals surface area contributed by atoms with Crippen molar-refractivity contribution < 1.29 is 0 Å². The molecule has 11 heavy (non-hydrogen) atoms. The smallest absolute Gasteiger partial charge is 0.0812 e. The van der Waals surface area contributed by atoms with Crippen molar-refractivity contribution in [2.45, 2.75) is 6.04 Å². The summed E-state index contributed by atoms with van der Waals surface area (Å²) in [6, 6.07) is 3.27. The number of aromatic nitrogens is 1. The summed E-state index contributed by atoms with van der Waals surface area (Å²) in [4.78, 5) is 4.02. The van der Waals surface area contributed by atoms with Crippen molar-refractivity contribution in [2.75, 3.05) is 12.3 Å². The van der Waals surface area contributed by atoms with Crippen LogP contribution in [0, 0.1) is 0 Å². The molecule has 0 spiro atoms. The Kier molecular flexibility index (Phi) is 2.40. The fourth-order valence-corrected chi connectivity index (χ4v) is 0.851. The van der Waals surface area contributed by atoms with Gasteiger partial charge in [-0.25, -0.2) is 0 Å². The van der Waals surface area contributed by atoms with Crippen LogP contribution >= 0.6 is 0 Å². The first kappa shape index (κ1) is 7.97. The lowest BCUT2D eigenvalue weighted by molar-refractivity contribution is 0.714. The summed E-state index contributed by atoms with van der Waals surface area (Å²) in [5.41, 5.74) is 17.9. The Labute approximate surface area is 65.4 Å². The highest BCUT2D eigenvalue weighted by Crippen LogP contribution is 2.12. The molecule has 6 N–H and O–H groups in total. The Morgan fingerprint density at radius 1 is 1.55 bits per heavy atom. The molecule has 0 aliphatic rings. The summed E-state index contributed by atoms with van der Waals surface area (Å²) in [6.45, 7) is 0.362. The molecule has 1 aromatic rings. The first-order valence-electron chi connectivity index (χ1n) is 3.41. The lowest BCUT2D eigenvalue weighted by atomic mass is 10.2. The second-order valence-corrected chi connectivity index (χ2v) is 2.32. The highest BCUT2D eigenvalue weighted by molar-refractivity contribution is 5.43. The molecule has 0 aliphatic heterocycles. The number of hydrogen-bond acceptors (Lipinski definition) is 4. The Morgan fingerprint density at radius 2 is 2.27 bits per heavy atom. The summed E-state index contributed by atoms with van der Waals surface area (Å²) in [7, 11) is 0.